The Morgan fingerprint density at radius 2 is 2.00 bits per heavy atom. The zero-order valence-electron chi connectivity index (χ0n) is 15.8. The molecule has 1 aliphatic rings. The van der Waals surface area contributed by atoms with Crippen molar-refractivity contribution in [3.05, 3.63) is 45.4 Å². The van der Waals surface area contributed by atoms with Crippen LogP contribution in [0.25, 0.3) is 0 Å². The standard InChI is InChI=1S/C19H26N4OS.HI/c1-13-14(2)25-17(23-13)11-21-18(20-3)22-12-19(9-10-19)15-7-5-6-8-16(15)24-4;/h5-8H,9-12H2,1-4H3,(H2,20,21,22);1H. The number of para-hydroxylation sites is 1. The van der Waals surface area contributed by atoms with Crippen molar-refractivity contribution in [2.45, 2.75) is 38.6 Å². The van der Waals surface area contributed by atoms with E-state index < -0.39 is 0 Å². The van der Waals surface area contributed by atoms with Gasteiger partial charge in [0.25, 0.3) is 0 Å². The molecule has 1 aromatic carbocycles. The first kappa shape index (κ1) is 21.0. The first-order valence-corrected chi connectivity index (χ1v) is 9.40. The van der Waals surface area contributed by atoms with E-state index in [0.29, 0.717) is 6.54 Å². The molecule has 2 N–H and O–H groups in total. The SMILES string of the molecule is CN=C(NCc1nc(C)c(C)s1)NCC1(c2ccccc2OC)CC1.I. The maximum absolute atomic E-state index is 5.54. The molecule has 142 valence electrons. The Morgan fingerprint density at radius 1 is 1.27 bits per heavy atom. The Bertz CT molecular complexity index is 751. The number of aryl methyl sites for hydroxylation is 2. The lowest BCUT2D eigenvalue weighted by molar-refractivity contribution is 0.403. The minimum absolute atomic E-state index is 0. The summed E-state index contributed by atoms with van der Waals surface area (Å²) in [5.74, 6) is 1.78. The van der Waals surface area contributed by atoms with Crippen molar-refractivity contribution < 1.29 is 4.74 Å². The predicted octanol–water partition coefficient (Wildman–Crippen LogP) is 3.78. The number of thiazole rings is 1. The van der Waals surface area contributed by atoms with Crippen molar-refractivity contribution in [2.24, 2.45) is 4.99 Å². The molecule has 0 aliphatic heterocycles. The largest absolute Gasteiger partial charge is 0.496 e. The number of guanidine groups is 1. The molecule has 1 aromatic heterocycles. The number of halogens is 1. The van der Waals surface area contributed by atoms with Crippen LogP contribution >= 0.6 is 35.3 Å². The van der Waals surface area contributed by atoms with E-state index in [0.717, 1.165) is 29.0 Å². The van der Waals surface area contributed by atoms with Crippen molar-refractivity contribution in [1.29, 1.82) is 0 Å². The fourth-order valence-corrected chi connectivity index (χ4v) is 3.90. The number of hydrogen-bond donors (Lipinski definition) is 2. The molecule has 0 atom stereocenters. The maximum Gasteiger partial charge on any atom is 0.191 e. The molecule has 1 saturated carbocycles. The van der Waals surface area contributed by atoms with E-state index in [1.807, 2.05) is 19.1 Å². The molecular weight excluding hydrogens is 459 g/mol. The Morgan fingerprint density at radius 3 is 2.58 bits per heavy atom. The number of aromatic nitrogens is 1. The third kappa shape index (κ3) is 4.68. The first-order chi connectivity index (χ1) is 12.1. The monoisotopic (exact) mass is 486 g/mol. The molecule has 3 rings (SSSR count). The van der Waals surface area contributed by atoms with Crippen LogP contribution in [-0.2, 0) is 12.0 Å². The molecule has 26 heavy (non-hydrogen) atoms. The number of hydrogen-bond acceptors (Lipinski definition) is 4. The smallest absolute Gasteiger partial charge is 0.191 e. The van der Waals surface area contributed by atoms with Crippen LogP contribution in [0.1, 0.15) is 34.0 Å². The fourth-order valence-electron chi connectivity index (χ4n) is 3.02. The molecule has 0 radical (unpaired) electrons. The number of nitrogens with zero attached hydrogens (tertiary/aromatic N) is 2. The van der Waals surface area contributed by atoms with E-state index in [4.69, 9.17) is 4.74 Å². The molecule has 0 spiro atoms. The number of benzene rings is 1. The van der Waals surface area contributed by atoms with Gasteiger partial charge in [0.05, 0.1) is 19.3 Å². The molecule has 0 saturated heterocycles. The van der Waals surface area contributed by atoms with E-state index in [1.54, 1.807) is 25.5 Å². The van der Waals surface area contributed by atoms with Gasteiger partial charge in [-0.2, -0.15) is 0 Å². The van der Waals surface area contributed by atoms with Crippen LogP contribution in [0.4, 0.5) is 0 Å². The lowest BCUT2D eigenvalue weighted by atomic mass is 9.95. The zero-order chi connectivity index (χ0) is 17.9. The second-order valence-electron chi connectivity index (χ2n) is 6.51. The number of rotatable bonds is 6. The van der Waals surface area contributed by atoms with Gasteiger partial charge in [0.1, 0.15) is 10.8 Å². The van der Waals surface area contributed by atoms with E-state index in [-0.39, 0.29) is 29.4 Å². The maximum atomic E-state index is 5.54. The van der Waals surface area contributed by atoms with Gasteiger partial charge in [-0.15, -0.1) is 35.3 Å². The summed E-state index contributed by atoms with van der Waals surface area (Å²) in [6.45, 7) is 5.70. The average molecular weight is 486 g/mol. The minimum atomic E-state index is 0. The summed E-state index contributed by atoms with van der Waals surface area (Å²) in [7, 11) is 3.54. The lowest BCUT2D eigenvalue weighted by Gasteiger charge is -2.21. The molecule has 0 unspecified atom stereocenters. The van der Waals surface area contributed by atoms with E-state index in [2.05, 4.69) is 39.7 Å². The van der Waals surface area contributed by atoms with Crippen LogP contribution in [0.5, 0.6) is 5.75 Å². The van der Waals surface area contributed by atoms with Crippen LogP contribution in [0, 0.1) is 13.8 Å². The van der Waals surface area contributed by atoms with Crippen molar-refractivity contribution in [3.8, 4) is 5.75 Å². The third-order valence-corrected chi connectivity index (χ3v) is 5.90. The van der Waals surface area contributed by atoms with Gasteiger partial charge in [-0.25, -0.2) is 4.98 Å². The minimum Gasteiger partial charge on any atom is -0.496 e. The number of methoxy groups -OCH3 is 1. The van der Waals surface area contributed by atoms with Crippen LogP contribution in [0.3, 0.4) is 0 Å². The lowest BCUT2D eigenvalue weighted by Crippen LogP contribution is -2.41. The van der Waals surface area contributed by atoms with E-state index in [9.17, 15) is 0 Å². The van der Waals surface area contributed by atoms with Crippen molar-refractivity contribution in [3.63, 3.8) is 0 Å². The number of ether oxygens (including phenoxy) is 1. The summed E-state index contributed by atoms with van der Waals surface area (Å²) in [5.41, 5.74) is 2.54. The highest BCUT2D eigenvalue weighted by molar-refractivity contribution is 14.0. The number of aliphatic imine (C=N–C) groups is 1. The Labute approximate surface area is 176 Å². The molecule has 0 bridgehead atoms. The van der Waals surface area contributed by atoms with Crippen LogP contribution in [-0.4, -0.2) is 31.6 Å². The molecular formula is C19H27IN4OS. The molecule has 1 heterocycles. The summed E-state index contributed by atoms with van der Waals surface area (Å²) in [5, 5.41) is 7.92. The van der Waals surface area contributed by atoms with Gasteiger partial charge in [-0.05, 0) is 32.8 Å². The predicted molar refractivity (Wildman–Crippen MR) is 119 cm³/mol. The highest BCUT2D eigenvalue weighted by atomic mass is 127. The first-order valence-electron chi connectivity index (χ1n) is 8.59. The van der Waals surface area contributed by atoms with Crippen LogP contribution in [0.2, 0.25) is 0 Å². The second kappa shape index (κ2) is 9.03. The summed E-state index contributed by atoms with van der Waals surface area (Å²) in [4.78, 5) is 10.2. The summed E-state index contributed by atoms with van der Waals surface area (Å²) in [6, 6.07) is 8.31. The summed E-state index contributed by atoms with van der Waals surface area (Å²) in [6.07, 6.45) is 2.34. The highest BCUT2D eigenvalue weighted by Crippen LogP contribution is 2.50. The molecule has 7 heteroatoms. The van der Waals surface area contributed by atoms with E-state index in [1.165, 1.54) is 23.3 Å². The third-order valence-electron chi connectivity index (χ3n) is 4.83. The average Bonchev–Trinajstić information content (AvgIpc) is 3.35. The highest BCUT2D eigenvalue weighted by Gasteiger charge is 2.46. The van der Waals surface area contributed by atoms with Crippen molar-refractivity contribution in [1.82, 2.24) is 15.6 Å². The van der Waals surface area contributed by atoms with E-state index >= 15 is 0 Å². The van der Waals surface area contributed by atoms with Gasteiger partial charge in [-0.3, -0.25) is 4.99 Å². The molecule has 0 amide bonds. The van der Waals surface area contributed by atoms with Gasteiger partial charge < -0.3 is 15.4 Å². The molecule has 2 aromatic rings. The topological polar surface area (TPSA) is 58.5 Å². The van der Waals surface area contributed by atoms with Gasteiger partial charge in [-0.1, -0.05) is 18.2 Å². The van der Waals surface area contributed by atoms with Crippen molar-refractivity contribution in [2.75, 3.05) is 20.7 Å². The van der Waals surface area contributed by atoms with Crippen LogP contribution < -0.4 is 15.4 Å². The second-order valence-corrected chi connectivity index (χ2v) is 7.80. The molecule has 1 fully saturated rings. The van der Waals surface area contributed by atoms with Gasteiger partial charge in [0, 0.05) is 29.4 Å². The summed E-state index contributed by atoms with van der Waals surface area (Å²) >= 11 is 1.73. The molecule has 1 aliphatic carbocycles. The fraction of sp³-hybridized carbons (Fsp3) is 0.474. The Hall–Kier alpha value is -1.35. The zero-order valence-corrected chi connectivity index (χ0v) is 18.9. The number of nitrogens with one attached hydrogen (secondary N) is 2. The Kier molecular flexibility index (Phi) is 7.28. The normalized spacial score (nSPS) is 15.2. The quantitative estimate of drug-likeness (QED) is 0.371. The van der Waals surface area contributed by atoms with Gasteiger partial charge in [0.2, 0.25) is 0 Å². The molecule has 5 nitrogen and oxygen atoms in total. The van der Waals surface area contributed by atoms with Gasteiger partial charge >= 0.3 is 0 Å². The van der Waals surface area contributed by atoms with Crippen LogP contribution in [0.15, 0.2) is 29.3 Å². The summed E-state index contributed by atoms with van der Waals surface area (Å²) < 4.78 is 5.54. The Balaban J connectivity index is 0.00000243. The van der Waals surface area contributed by atoms with Gasteiger partial charge in [0.15, 0.2) is 5.96 Å². The van der Waals surface area contributed by atoms with Crippen molar-refractivity contribution >= 4 is 41.3 Å².